The standard InChI is InChI=1S/C11H15FN2O2/c1-16-9-4-2-3-8(11(9)12)7-14-6-5-10(13)15/h2-4,14H,5-7H2,1H3,(H2,13,15). The summed E-state index contributed by atoms with van der Waals surface area (Å²) in [6.45, 7) is 0.780. The SMILES string of the molecule is COc1cccc(CNCCC(N)=O)c1F. The number of methoxy groups -OCH3 is 1. The smallest absolute Gasteiger partial charge is 0.218 e. The average Bonchev–Trinajstić information content (AvgIpc) is 2.26. The van der Waals surface area contributed by atoms with Gasteiger partial charge < -0.3 is 15.8 Å². The van der Waals surface area contributed by atoms with Gasteiger partial charge in [-0.3, -0.25) is 4.79 Å². The highest BCUT2D eigenvalue weighted by Gasteiger charge is 2.07. The third kappa shape index (κ3) is 3.51. The van der Waals surface area contributed by atoms with E-state index in [4.69, 9.17) is 10.5 Å². The van der Waals surface area contributed by atoms with Crippen LogP contribution in [0.15, 0.2) is 18.2 Å². The van der Waals surface area contributed by atoms with E-state index < -0.39 is 0 Å². The maximum Gasteiger partial charge on any atom is 0.218 e. The van der Waals surface area contributed by atoms with Crippen molar-refractivity contribution >= 4 is 5.91 Å². The van der Waals surface area contributed by atoms with E-state index in [1.165, 1.54) is 7.11 Å². The van der Waals surface area contributed by atoms with Crippen molar-refractivity contribution in [3.63, 3.8) is 0 Å². The van der Waals surface area contributed by atoms with Gasteiger partial charge in [0.05, 0.1) is 7.11 Å². The Morgan fingerprint density at radius 2 is 2.31 bits per heavy atom. The van der Waals surface area contributed by atoms with Crippen molar-refractivity contribution in [2.24, 2.45) is 5.73 Å². The Morgan fingerprint density at radius 3 is 2.94 bits per heavy atom. The topological polar surface area (TPSA) is 64.3 Å². The van der Waals surface area contributed by atoms with E-state index in [0.29, 0.717) is 18.7 Å². The molecule has 0 aliphatic heterocycles. The molecule has 0 unspecified atom stereocenters. The van der Waals surface area contributed by atoms with Gasteiger partial charge in [-0.15, -0.1) is 0 Å². The zero-order valence-corrected chi connectivity index (χ0v) is 9.13. The normalized spacial score (nSPS) is 10.1. The van der Waals surface area contributed by atoms with Crippen LogP contribution < -0.4 is 15.8 Å². The third-order valence-corrected chi connectivity index (χ3v) is 2.13. The molecule has 0 saturated carbocycles. The maximum absolute atomic E-state index is 13.6. The van der Waals surface area contributed by atoms with Gasteiger partial charge in [-0.2, -0.15) is 0 Å². The quantitative estimate of drug-likeness (QED) is 0.705. The van der Waals surface area contributed by atoms with Gasteiger partial charge in [-0.05, 0) is 6.07 Å². The van der Waals surface area contributed by atoms with Gasteiger partial charge in [0.2, 0.25) is 5.91 Å². The first-order valence-electron chi connectivity index (χ1n) is 4.95. The lowest BCUT2D eigenvalue weighted by molar-refractivity contribution is -0.117. The van der Waals surface area contributed by atoms with Crippen LogP contribution in [0, 0.1) is 5.82 Å². The van der Waals surface area contributed by atoms with Crippen LogP contribution in [-0.2, 0) is 11.3 Å². The lowest BCUT2D eigenvalue weighted by atomic mass is 10.2. The summed E-state index contributed by atoms with van der Waals surface area (Å²) >= 11 is 0. The van der Waals surface area contributed by atoms with Crippen LogP contribution in [0.5, 0.6) is 5.75 Å². The Labute approximate surface area is 93.6 Å². The van der Waals surface area contributed by atoms with Gasteiger partial charge in [-0.1, -0.05) is 12.1 Å². The molecule has 0 aromatic heterocycles. The second-order valence-corrected chi connectivity index (χ2v) is 3.33. The number of primary amides is 1. The molecule has 0 saturated heterocycles. The molecule has 0 aliphatic carbocycles. The molecule has 1 aromatic rings. The summed E-state index contributed by atoms with van der Waals surface area (Å²) < 4.78 is 18.5. The van der Waals surface area contributed by atoms with E-state index in [1.807, 2.05) is 0 Å². The number of benzene rings is 1. The summed E-state index contributed by atoms with van der Waals surface area (Å²) in [6, 6.07) is 4.93. The first kappa shape index (κ1) is 12.4. The van der Waals surface area contributed by atoms with Crippen molar-refractivity contribution in [3.05, 3.63) is 29.6 Å². The number of amides is 1. The number of halogens is 1. The van der Waals surface area contributed by atoms with Crippen molar-refractivity contribution in [3.8, 4) is 5.75 Å². The minimum atomic E-state index is -0.378. The van der Waals surface area contributed by atoms with Gasteiger partial charge >= 0.3 is 0 Å². The minimum absolute atomic E-state index is 0.217. The van der Waals surface area contributed by atoms with Crippen molar-refractivity contribution in [1.29, 1.82) is 0 Å². The molecule has 1 amide bonds. The van der Waals surface area contributed by atoms with Gasteiger partial charge in [0, 0.05) is 25.1 Å². The molecule has 0 aliphatic rings. The fraction of sp³-hybridized carbons (Fsp3) is 0.364. The Hall–Kier alpha value is -1.62. The molecule has 1 aromatic carbocycles. The molecule has 16 heavy (non-hydrogen) atoms. The number of ether oxygens (including phenoxy) is 1. The summed E-state index contributed by atoms with van der Waals surface area (Å²) in [4.78, 5) is 10.5. The van der Waals surface area contributed by atoms with Crippen molar-refractivity contribution in [2.75, 3.05) is 13.7 Å². The summed E-state index contributed by atoms with van der Waals surface area (Å²) in [6.07, 6.45) is 0.242. The highest BCUT2D eigenvalue weighted by molar-refractivity contribution is 5.73. The zero-order valence-electron chi connectivity index (χ0n) is 9.13. The molecule has 3 N–H and O–H groups in total. The maximum atomic E-state index is 13.6. The Kier molecular flexibility index (Phi) is 4.72. The third-order valence-electron chi connectivity index (χ3n) is 2.13. The average molecular weight is 226 g/mol. The zero-order chi connectivity index (χ0) is 12.0. The fourth-order valence-electron chi connectivity index (χ4n) is 1.29. The van der Waals surface area contributed by atoms with Gasteiger partial charge in [0.1, 0.15) is 0 Å². The highest BCUT2D eigenvalue weighted by atomic mass is 19.1. The molecule has 4 nitrogen and oxygen atoms in total. The molecule has 0 heterocycles. The summed E-state index contributed by atoms with van der Waals surface area (Å²) in [5, 5.41) is 2.93. The predicted molar refractivity (Wildman–Crippen MR) is 58.5 cm³/mol. The molecule has 0 spiro atoms. The van der Waals surface area contributed by atoms with Crippen LogP contribution in [0.1, 0.15) is 12.0 Å². The number of nitrogens with two attached hydrogens (primary N) is 1. The second-order valence-electron chi connectivity index (χ2n) is 3.33. The van der Waals surface area contributed by atoms with Gasteiger partial charge in [0.25, 0.3) is 0 Å². The molecular weight excluding hydrogens is 211 g/mol. The number of hydrogen-bond acceptors (Lipinski definition) is 3. The van der Waals surface area contributed by atoms with Crippen molar-refractivity contribution in [2.45, 2.75) is 13.0 Å². The highest BCUT2D eigenvalue weighted by Crippen LogP contribution is 2.19. The van der Waals surface area contributed by atoms with Crippen LogP contribution >= 0.6 is 0 Å². The van der Waals surface area contributed by atoms with E-state index in [-0.39, 0.29) is 23.9 Å². The lowest BCUT2D eigenvalue weighted by Gasteiger charge is -2.07. The van der Waals surface area contributed by atoms with Crippen molar-refractivity contribution in [1.82, 2.24) is 5.32 Å². The van der Waals surface area contributed by atoms with Crippen molar-refractivity contribution < 1.29 is 13.9 Å². The Bertz CT molecular complexity index is 369. The van der Waals surface area contributed by atoms with E-state index in [1.54, 1.807) is 18.2 Å². The van der Waals surface area contributed by atoms with E-state index in [9.17, 15) is 9.18 Å². The van der Waals surface area contributed by atoms with Crippen LogP contribution in [0.2, 0.25) is 0 Å². The predicted octanol–water partition coefficient (Wildman–Crippen LogP) is 0.799. The van der Waals surface area contributed by atoms with Gasteiger partial charge in [-0.25, -0.2) is 4.39 Å². The molecule has 88 valence electrons. The van der Waals surface area contributed by atoms with E-state index >= 15 is 0 Å². The molecule has 5 heteroatoms. The first-order valence-corrected chi connectivity index (χ1v) is 4.95. The molecule has 0 bridgehead atoms. The molecular formula is C11H15FN2O2. The van der Waals surface area contributed by atoms with E-state index in [2.05, 4.69) is 5.32 Å². The van der Waals surface area contributed by atoms with Crippen LogP contribution in [-0.4, -0.2) is 19.6 Å². The molecule has 0 radical (unpaired) electrons. The summed E-state index contributed by atoms with van der Waals surface area (Å²) in [7, 11) is 1.42. The van der Waals surface area contributed by atoms with E-state index in [0.717, 1.165) is 0 Å². The number of rotatable bonds is 6. The number of hydrogen-bond donors (Lipinski definition) is 2. The first-order chi connectivity index (χ1) is 7.65. The summed E-state index contributed by atoms with van der Waals surface area (Å²) in [5.41, 5.74) is 5.48. The monoisotopic (exact) mass is 226 g/mol. The van der Waals surface area contributed by atoms with Crippen LogP contribution in [0.4, 0.5) is 4.39 Å². The Balaban J connectivity index is 2.50. The Morgan fingerprint density at radius 1 is 1.56 bits per heavy atom. The fourth-order valence-corrected chi connectivity index (χ4v) is 1.29. The minimum Gasteiger partial charge on any atom is -0.494 e. The van der Waals surface area contributed by atoms with Crippen LogP contribution in [0.25, 0.3) is 0 Å². The number of carbonyl (C=O) groups excluding carboxylic acids is 1. The molecule has 0 atom stereocenters. The van der Waals surface area contributed by atoms with Crippen LogP contribution in [0.3, 0.4) is 0 Å². The lowest BCUT2D eigenvalue weighted by Crippen LogP contribution is -2.22. The number of nitrogens with one attached hydrogen (secondary N) is 1. The van der Waals surface area contributed by atoms with Gasteiger partial charge in [0.15, 0.2) is 11.6 Å². The molecule has 0 fully saturated rings. The largest absolute Gasteiger partial charge is 0.494 e. The number of carbonyl (C=O) groups is 1. The summed E-state index contributed by atoms with van der Waals surface area (Å²) in [5.74, 6) is -0.538. The second kappa shape index (κ2) is 6.07. The molecule has 1 rings (SSSR count).